The standard InChI is InChI=1S/C24H30N2O2S/c1-28-19-9-7-17(8-10-19)21-16-26(24(27)18-4-2-5-18)23-11-12-25(15-22(21)23)14-20-6-3-13-29-20/h3,6-10,13,18,21-23H,2,4-5,11-12,14-16H2,1H3/t21-,22-,23-/m1/s1. The monoisotopic (exact) mass is 410 g/mol. The SMILES string of the molecule is COc1ccc([C@H]2CN(C(=O)C3CCC3)[C@@H]3CCN(Cc4cccs4)C[C@H]23)cc1. The third kappa shape index (κ3) is 3.71. The fourth-order valence-corrected chi connectivity index (χ4v) is 6.16. The molecular formula is C24H30N2O2S. The summed E-state index contributed by atoms with van der Waals surface area (Å²) in [7, 11) is 1.71. The Balaban J connectivity index is 1.38. The molecule has 1 saturated carbocycles. The third-order valence-corrected chi connectivity index (χ3v) is 8.12. The van der Waals surface area contributed by atoms with Crippen LogP contribution < -0.4 is 4.74 Å². The van der Waals surface area contributed by atoms with Gasteiger partial charge in [0.1, 0.15) is 5.75 Å². The quantitative estimate of drug-likeness (QED) is 0.734. The number of rotatable bonds is 5. The molecule has 0 radical (unpaired) electrons. The predicted molar refractivity (Wildman–Crippen MR) is 116 cm³/mol. The lowest BCUT2D eigenvalue weighted by Gasteiger charge is -2.40. The van der Waals surface area contributed by atoms with Crippen molar-refractivity contribution < 1.29 is 9.53 Å². The first kappa shape index (κ1) is 19.1. The van der Waals surface area contributed by atoms with Gasteiger partial charge < -0.3 is 9.64 Å². The average molecular weight is 411 g/mol. The number of methoxy groups -OCH3 is 1. The third-order valence-electron chi connectivity index (χ3n) is 7.26. The molecule has 0 N–H and O–H groups in total. The van der Waals surface area contributed by atoms with Crippen molar-refractivity contribution in [3.63, 3.8) is 0 Å². The number of likely N-dealkylation sites (tertiary alicyclic amines) is 2. The summed E-state index contributed by atoms with van der Waals surface area (Å²) in [6.45, 7) is 4.08. The molecule has 2 aromatic rings. The minimum absolute atomic E-state index is 0.286. The molecule has 29 heavy (non-hydrogen) atoms. The summed E-state index contributed by atoms with van der Waals surface area (Å²) in [6.07, 6.45) is 4.49. The topological polar surface area (TPSA) is 32.8 Å². The van der Waals surface area contributed by atoms with Gasteiger partial charge in [-0.15, -0.1) is 11.3 Å². The van der Waals surface area contributed by atoms with Crippen LogP contribution >= 0.6 is 11.3 Å². The second-order valence-corrected chi connectivity index (χ2v) is 9.86. The molecule has 3 aliphatic rings. The van der Waals surface area contributed by atoms with Gasteiger partial charge in [0.2, 0.25) is 5.91 Å². The van der Waals surface area contributed by atoms with E-state index in [2.05, 4.69) is 51.6 Å². The van der Waals surface area contributed by atoms with Gasteiger partial charge in [0, 0.05) is 54.9 Å². The highest BCUT2D eigenvalue weighted by molar-refractivity contribution is 7.09. The summed E-state index contributed by atoms with van der Waals surface area (Å²) in [5, 5.41) is 2.16. The molecule has 0 unspecified atom stereocenters. The lowest BCUT2D eigenvalue weighted by Crippen LogP contribution is -2.49. The zero-order chi connectivity index (χ0) is 19.8. The van der Waals surface area contributed by atoms with Gasteiger partial charge in [-0.3, -0.25) is 9.69 Å². The summed E-state index contributed by atoms with van der Waals surface area (Å²) in [5.74, 6) is 2.54. The molecule has 3 heterocycles. The van der Waals surface area contributed by atoms with Crippen LogP contribution in [0.15, 0.2) is 41.8 Å². The number of hydrogen-bond acceptors (Lipinski definition) is 4. The Bertz CT molecular complexity index is 831. The van der Waals surface area contributed by atoms with Crippen molar-refractivity contribution in [1.29, 1.82) is 0 Å². The number of carbonyl (C=O) groups is 1. The Kier molecular flexibility index (Phi) is 5.35. The van der Waals surface area contributed by atoms with E-state index in [4.69, 9.17) is 4.74 Å². The van der Waals surface area contributed by atoms with E-state index in [-0.39, 0.29) is 5.92 Å². The van der Waals surface area contributed by atoms with E-state index < -0.39 is 0 Å². The van der Waals surface area contributed by atoms with Gasteiger partial charge in [-0.05, 0) is 48.4 Å². The van der Waals surface area contributed by atoms with Crippen LogP contribution in [-0.4, -0.2) is 48.5 Å². The van der Waals surface area contributed by atoms with Crippen LogP contribution in [0.3, 0.4) is 0 Å². The molecule has 2 aliphatic heterocycles. The second-order valence-electron chi connectivity index (χ2n) is 8.83. The van der Waals surface area contributed by atoms with E-state index in [0.29, 0.717) is 23.8 Å². The summed E-state index contributed by atoms with van der Waals surface area (Å²) >= 11 is 1.84. The van der Waals surface area contributed by atoms with E-state index in [1.54, 1.807) is 7.11 Å². The molecule has 1 aromatic carbocycles. The van der Waals surface area contributed by atoms with Crippen molar-refractivity contribution in [3.05, 3.63) is 52.2 Å². The molecular weight excluding hydrogens is 380 g/mol. The fourth-order valence-electron chi connectivity index (χ4n) is 5.42. The maximum atomic E-state index is 13.2. The van der Waals surface area contributed by atoms with Crippen molar-refractivity contribution in [2.75, 3.05) is 26.7 Å². The average Bonchev–Trinajstić information content (AvgIpc) is 3.34. The van der Waals surface area contributed by atoms with Gasteiger partial charge in [-0.1, -0.05) is 24.6 Å². The van der Waals surface area contributed by atoms with Crippen LogP contribution in [0, 0.1) is 11.8 Å². The zero-order valence-corrected chi connectivity index (χ0v) is 17.9. The molecule has 3 fully saturated rings. The Morgan fingerprint density at radius 2 is 1.97 bits per heavy atom. The van der Waals surface area contributed by atoms with Crippen LogP contribution in [-0.2, 0) is 11.3 Å². The number of piperidine rings is 1. The molecule has 2 saturated heterocycles. The Hall–Kier alpha value is -1.85. The highest BCUT2D eigenvalue weighted by atomic mass is 32.1. The number of ether oxygens (including phenoxy) is 1. The Morgan fingerprint density at radius 3 is 2.62 bits per heavy atom. The summed E-state index contributed by atoms with van der Waals surface area (Å²) in [6, 6.07) is 13.3. The van der Waals surface area contributed by atoms with Crippen molar-refractivity contribution >= 4 is 17.2 Å². The maximum Gasteiger partial charge on any atom is 0.225 e. The number of amides is 1. The smallest absolute Gasteiger partial charge is 0.225 e. The first-order valence-electron chi connectivity index (χ1n) is 10.9. The van der Waals surface area contributed by atoms with E-state index in [1.807, 2.05) is 11.3 Å². The van der Waals surface area contributed by atoms with Gasteiger partial charge in [0.15, 0.2) is 0 Å². The van der Waals surface area contributed by atoms with Crippen molar-refractivity contribution in [2.45, 2.75) is 44.2 Å². The van der Waals surface area contributed by atoms with E-state index in [0.717, 1.165) is 51.2 Å². The highest BCUT2D eigenvalue weighted by Crippen LogP contribution is 2.44. The number of hydrogen-bond donors (Lipinski definition) is 0. The minimum atomic E-state index is 0.286. The molecule has 154 valence electrons. The van der Waals surface area contributed by atoms with E-state index in [9.17, 15) is 4.79 Å². The van der Waals surface area contributed by atoms with Gasteiger partial charge in [0.25, 0.3) is 0 Å². The van der Waals surface area contributed by atoms with Gasteiger partial charge in [-0.2, -0.15) is 0 Å². The summed E-state index contributed by atoms with van der Waals surface area (Å²) < 4.78 is 5.36. The number of fused-ring (bicyclic) bond motifs is 1. The van der Waals surface area contributed by atoms with Crippen molar-refractivity contribution in [3.8, 4) is 5.75 Å². The van der Waals surface area contributed by atoms with Crippen LogP contribution in [0.4, 0.5) is 0 Å². The molecule has 0 spiro atoms. The fraction of sp³-hybridized carbons (Fsp3) is 0.542. The first-order valence-corrected chi connectivity index (χ1v) is 11.8. The molecule has 5 rings (SSSR count). The Labute approximate surface area is 177 Å². The largest absolute Gasteiger partial charge is 0.497 e. The van der Waals surface area contributed by atoms with E-state index >= 15 is 0 Å². The maximum absolute atomic E-state index is 13.2. The molecule has 3 atom stereocenters. The Morgan fingerprint density at radius 1 is 1.14 bits per heavy atom. The molecule has 1 amide bonds. The van der Waals surface area contributed by atoms with Crippen LogP contribution in [0.5, 0.6) is 5.75 Å². The second kappa shape index (κ2) is 8.11. The van der Waals surface area contributed by atoms with Crippen molar-refractivity contribution in [1.82, 2.24) is 9.80 Å². The highest BCUT2D eigenvalue weighted by Gasteiger charge is 2.48. The lowest BCUT2D eigenvalue weighted by atomic mass is 9.81. The molecule has 1 aliphatic carbocycles. The minimum Gasteiger partial charge on any atom is -0.497 e. The van der Waals surface area contributed by atoms with Crippen LogP contribution in [0.1, 0.15) is 42.0 Å². The molecule has 1 aromatic heterocycles. The van der Waals surface area contributed by atoms with Gasteiger partial charge in [-0.25, -0.2) is 0 Å². The number of carbonyl (C=O) groups excluding carboxylic acids is 1. The first-order chi connectivity index (χ1) is 14.2. The van der Waals surface area contributed by atoms with Crippen LogP contribution in [0.25, 0.3) is 0 Å². The molecule has 5 heteroatoms. The normalized spacial score (nSPS) is 27.5. The number of nitrogens with zero attached hydrogens (tertiary/aromatic N) is 2. The lowest BCUT2D eigenvalue weighted by molar-refractivity contribution is -0.140. The summed E-state index contributed by atoms with van der Waals surface area (Å²) in [4.78, 5) is 19.5. The van der Waals surface area contributed by atoms with Gasteiger partial charge in [0.05, 0.1) is 7.11 Å². The van der Waals surface area contributed by atoms with Gasteiger partial charge >= 0.3 is 0 Å². The summed E-state index contributed by atoms with van der Waals surface area (Å²) in [5.41, 5.74) is 1.35. The number of thiophene rings is 1. The predicted octanol–water partition coefficient (Wildman–Crippen LogP) is 4.37. The molecule has 4 nitrogen and oxygen atoms in total. The van der Waals surface area contributed by atoms with Crippen molar-refractivity contribution in [2.24, 2.45) is 11.8 Å². The number of benzene rings is 1. The zero-order valence-electron chi connectivity index (χ0n) is 17.1. The van der Waals surface area contributed by atoms with E-state index in [1.165, 1.54) is 16.9 Å². The van der Waals surface area contributed by atoms with Crippen LogP contribution in [0.2, 0.25) is 0 Å². The molecule has 0 bridgehead atoms.